The SMILES string of the molecule is C/C(=C/Cl)Cn1ccn(C)c1=O. The van der Waals surface area contributed by atoms with E-state index in [1.165, 1.54) is 10.1 Å². The van der Waals surface area contributed by atoms with Crippen molar-refractivity contribution in [2.24, 2.45) is 7.05 Å². The average molecular weight is 187 g/mol. The maximum absolute atomic E-state index is 11.3. The van der Waals surface area contributed by atoms with Gasteiger partial charge in [-0.2, -0.15) is 0 Å². The van der Waals surface area contributed by atoms with Crippen LogP contribution in [0.15, 0.2) is 28.3 Å². The Labute approximate surface area is 75.9 Å². The van der Waals surface area contributed by atoms with Crippen LogP contribution in [0.25, 0.3) is 0 Å². The second-order valence-electron chi connectivity index (χ2n) is 2.77. The quantitative estimate of drug-likeness (QED) is 0.685. The fraction of sp³-hybridized carbons (Fsp3) is 0.375. The molecule has 0 saturated heterocycles. The summed E-state index contributed by atoms with van der Waals surface area (Å²) >= 11 is 5.48. The summed E-state index contributed by atoms with van der Waals surface area (Å²) in [4.78, 5) is 11.3. The summed E-state index contributed by atoms with van der Waals surface area (Å²) in [6.07, 6.45) is 3.47. The van der Waals surface area contributed by atoms with Gasteiger partial charge in [-0.1, -0.05) is 11.6 Å². The molecule has 0 spiro atoms. The Hall–Kier alpha value is -0.960. The Kier molecular flexibility index (Phi) is 2.76. The van der Waals surface area contributed by atoms with E-state index in [2.05, 4.69) is 0 Å². The lowest BCUT2D eigenvalue weighted by Crippen LogP contribution is -2.22. The number of imidazole rings is 1. The van der Waals surface area contributed by atoms with E-state index in [9.17, 15) is 4.79 Å². The third-order valence-corrected chi connectivity index (χ3v) is 2.00. The lowest BCUT2D eigenvalue weighted by Gasteiger charge is -1.98. The summed E-state index contributed by atoms with van der Waals surface area (Å²) in [5, 5.41) is 0. The standard InChI is InChI=1S/C8H11ClN2O/c1-7(5-9)6-11-4-3-10(2)8(11)12/h3-5H,6H2,1-2H3/b7-5-. The van der Waals surface area contributed by atoms with Crippen LogP contribution in [-0.4, -0.2) is 9.13 Å². The molecule has 0 N–H and O–H groups in total. The van der Waals surface area contributed by atoms with Crippen molar-refractivity contribution in [1.29, 1.82) is 0 Å². The van der Waals surface area contributed by atoms with Gasteiger partial charge in [0.2, 0.25) is 0 Å². The molecule has 0 atom stereocenters. The van der Waals surface area contributed by atoms with E-state index in [1.807, 2.05) is 6.92 Å². The zero-order chi connectivity index (χ0) is 9.14. The molecule has 4 heteroatoms. The van der Waals surface area contributed by atoms with Gasteiger partial charge in [0.05, 0.1) is 0 Å². The lowest BCUT2D eigenvalue weighted by molar-refractivity contribution is 0.710. The van der Waals surface area contributed by atoms with Gasteiger partial charge < -0.3 is 4.57 Å². The van der Waals surface area contributed by atoms with Gasteiger partial charge in [-0.05, 0) is 12.5 Å². The van der Waals surface area contributed by atoms with Crippen molar-refractivity contribution in [1.82, 2.24) is 9.13 Å². The second kappa shape index (κ2) is 3.63. The van der Waals surface area contributed by atoms with E-state index in [1.54, 1.807) is 24.0 Å². The molecule has 1 aromatic heterocycles. The molecule has 1 heterocycles. The first-order valence-corrected chi connectivity index (χ1v) is 4.06. The monoisotopic (exact) mass is 186 g/mol. The topological polar surface area (TPSA) is 26.9 Å². The van der Waals surface area contributed by atoms with E-state index in [0.29, 0.717) is 6.54 Å². The highest BCUT2D eigenvalue weighted by atomic mass is 35.5. The molecule has 0 aliphatic heterocycles. The van der Waals surface area contributed by atoms with Crippen molar-refractivity contribution < 1.29 is 0 Å². The molecular formula is C8H11ClN2O. The third kappa shape index (κ3) is 1.80. The maximum atomic E-state index is 11.3. The predicted octanol–water partition coefficient (Wildman–Crippen LogP) is 1.33. The minimum Gasteiger partial charge on any atom is -0.302 e. The highest BCUT2D eigenvalue weighted by Gasteiger charge is 1.98. The number of nitrogens with zero attached hydrogens (tertiary/aromatic N) is 2. The average Bonchev–Trinajstić information content (AvgIpc) is 2.36. The Morgan fingerprint density at radius 1 is 1.67 bits per heavy atom. The van der Waals surface area contributed by atoms with Crippen molar-refractivity contribution in [2.75, 3.05) is 0 Å². The first-order chi connectivity index (χ1) is 5.65. The fourth-order valence-corrected chi connectivity index (χ4v) is 1.00. The van der Waals surface area contributed by atoms with Crippen LogP contribution in [0.2, 0.25) is 0 Å². The van der Waals surface area contributed by atoms with Crippen LogP contribution in [0.4, 0.5) is 0 Å². The number of rotatable bonds is 2. The minimum absolute atomic E-state index is 0.0205. The summed E-state index contributed by atoms with van der Waals surface area (Å²) in [5.74, 6) is 0. The molecule has 0 bridgehead atoms. The molecular weight excluding hydrogens is 176 g/mol. The van der Waals surface area contributed by atoms with Gasteiger partial charge >= 0.3 is 5.69 Å². The normalized spacial score (nSPS) is 12.1. The third-order valence-electron chi connectivity index (χ3n) is 1.62. The Morgan fingerprint density at radius 3 is 2.75 bits per heavy atom. The summed E-state index contributed by atoms with van der Waals surface area (Å²) in [6, 6.07) is 0. The van der Waals surface area contributed by atoms with Gasteiger partial charge in [-0.3, -0.25) is 4.57 Å². The van der Waals surface area contributed by atoms with Crippen LogP contribution >= 0.6 is 11.6 Å². The van der Waals surface area contributed by atoms with Crippen LogP contribution in [-0.2, 0) is 13.6 Å². The first kappa shape index (κ1) is 9.13. The number of hydrogen-bond donors (Lipinski definition) is 0. The van der Waals surface area contributed by atoms with Gasteiger partial charge in [0.15, 0.2) is 0 Å². The van der Waals surface area contributed by atoms with E-state index in [0.717, 1.165) is 5.57 Å². The number of aromatic nitrogens is 2. The number of aryl methyl sites for hydroxylation is 1. The molecule has 1 aromatic rings. The Morgan fingerprint density at radius 2 is 2.33 bits per heavy atom. The molecule has 1 rings (SSSR count). The minimum atomic E-state index is -0.0205. The van der Waals surface area contributed by atoms with Crippen LogP contribution in [0, 0.1) is 0 Å². The highest BCUT2D eigenvalue weighted by Crippen LogP contribution is 1.97. The van der Waals surface area contributed by atoms with Gasteiger partial charge in [0, 0.05) is 31.5 Å². The molecule has 0 aromatic carbocycles. The van der Waals surface area contributed by atoms with Gasteiger partial charge in [-0.15, -0.1) is 0 Å². The van der Waals surface area contributed by atoms with Crippen molar-refractivity contribution in [2.45, 2.75) is 13.5 Å². The van der Waals surface area contributed by atoms with Gasteiger partial charge in [-0.25, -0.2) is 4.79 Å². The molecule has 0 fully saturated rings. The second-order valence-corrected chi connectivity index (χ2v) is 2.99. The Bertz CT molecular complexity index is 348. The van der Waals surface area contributed by atoms with Crippen molar-refractivity contribution in [3.05, 3.63) is 34.0 Å². The van der Waals surface area contributed by atoms with Gasteiger partial charge in [0.25, 0.3) is 0 Å². The summed E-state index contributed by atoms with van der Waals surface area (Å²) < 4.78 is 3.13. The molecule has 3 nitrogen and oxygen atoms in total. The predicted molar refractivity (Wildman–Crippen MR) is 49.3 cm³/mol. The van der Waals surface area contributed by atoms with E-state index < -0.39 is 0 Å². The summed E-state index contributed by atoms with van der Waals surface area (Å²) in [5.41, 5.74) is 2.43. The Balaban J connectivity index is 2.91. The van der Waals surface area contributed by atoms with Crippen LogP contribution < -0.4 is 5.69 Å². The summed E-state index contributed by atoms with van der Waals surface area (Å²) in [6.45, 7) is 2.44. The van der Waals surface area contributed by atoms with Gasteiger partial charge in [0.1, 0.15) is 0 Å². The van der Waals surface area contributed by atoms with Crippen LogP contribution in [0.1, 0.15) is 6.92 Å². The molecule has 0 amide bonds. The highest BCUT2D eigenvalue weighted by molar-refractivity contribution is 6.25. The fourth-order valence-electron chi connectivity index (χ4n) is 0.934. The summed E-state index contributed by atoms with van der Waals surface area (Å²) in [7, 11) is 1.72. The van der Waals surface area contributed by atoms with Crippen molar-refractivity contribution in [3.8, 4) is 0 Å². The number of hydrogen-bond acceptors (Lipinski definition) is 1. The molecule has 66 valence electrons. The van der Waals surface area contributed by atoms with E-state index >= 15 is 0 Å². The zero-order valence-electron chi connectivity index (χ0n) is 7.12. The first-order valence-electron chi connectivity index (χ1n) is 3.62. The van der Waals surface area contributed by atoms with E-state index in [4.69, 9.17) is 11.6 Å². The molecule has 12 heavy (non-hydrogen) atoms. The molecule has 0 unspecified atom stereocenters. The van der Waals surface area contributed by atoms with Crippen molar-refractivity contribution in [3.63, 3.8) is 0 Å². The number of allylic oxidation sites excluding steroid dienone is 1. The molecule has 0 radical (unpaired) electrons. The van der Waals surface area contributed by atoms with Crippen molar-refractivity contribution >= 4 is 11.6 Å². The van der Waals surface area contributed by atoms with E-state index in [-0.39, 0.29) is 5.69 Å². The maximum Gasteiger partial charge on any atom is 0.328 e. The lowest BCUT2D eigenvalue weighted by atomic mass is 10.3. The molecule has 0 aliphatic rings. The molecule has 0 aliphatic carbocycles. The molecule has 0 saturated carbocycles. The zero-order valence-corrected chi connectivity index (χ0v) is 7.88. The van der Waals surface area contributed by atoms with Crippen LogP contribution in [0.5, 0.6) is 0 Å². The number of halogens is 1. The van der Waals surface area contributed by atoms with Crippen LogP contribution in [0.3, 0.4) is 0 Å². The smallest absolute Gasteiger partial charge is 0.302 e. The largest absolute Gasteiger partial charge is 0.328 e.